The van der Waals surface area contributed by atoms with Crippen LogP contribution in [0.15, 0.2) is 53.1 Å². The van der Waals surface area contributed by atoms with E-state index in [0.29, 0.717) is 35.9 Å². The Labute approximate surface area is 160 Å². The van der Waals surface area contributed by atoms with Crippen molar-refractivity contribution in [3.05, 3.63) is 59.8 Å². The highest BCUT2D eigenvalue weighted by molar-refractivity contribution is 6.06. The normalized spacial score (nSPS) is 12.8. The zero-order chi connectivity index (χ0) is 19.7. The number of fused-ring (bicyclic) bond motifs is 1. The molecule has 0 spiro atoms. The standard InChI is InChI=1S/C20H17N3O5/c1-26-14-5-2-12(3-6-14)17-11-15(22-28-17)20(25)23-8-9-27-18-10-13(19(21)24)4-7-16(18)23/h2-7,10-11H,8-9H2,1H3,(H2,21,24). The summed E-state index contributed by atoms with van der Waals surface area (Å²) in [5, 5.41) is 3.92. The second-order valence-corrected chi connectivity index (χ2v) is 6.16. The molecule has 2 amide bonds. The molecular formula is C20H17N3O5. The molecular weight excluding hydrogens is 362 g/mol. The molecule has 1 aliphatic heterocycles. The molecule has 2 heterocycles. The Hall–Kier alpha value is -3.81. The van der Waals surface area contributed by atoms with E-state index in [1.807, 2.05) is 12.1 Å². The molecule has 1 aromatic heterocycles. The average molecular weight is 379 g/mol. The minimum Gasteiger partial charge on any atom is -0.497 e. The van der Waals surface area contributed by atoms with Crippen molar-refractivity contribution in [2.24, 2.45) is 5.73 Å². The number of benzene rings is 2. The number of methoxy groups -OCH3 is 1. The predicted molar refractivity (Wildman–Crippen MR) is 101 cm³/mol. The van der Waals surface area contributed by atoms with Crippen LogP contribution in [-0.4, -0.2) is 37.2 Å². The Morgan fingerprint density at radius 2 is 1.93 bits per heavy atom. The zero-order valence-electron chi connectivity index (χ0n) is 15.0. The number of rotatable bonds is 4. The van der Waals surface area contributed by atoms with Crippen molar-refractivity contribution in [1.29, 1.82) is 0 Å². The summed E-state index contributed by atoms with van der Waals surface area (Å²) >= 11 is 0. The van der Waals surface area contributed by atoms with Gasteiger partial charge in [-0.25, -0.2) is 0 Å². The summed E-state index contributed by atoms with van der Waals surface area (Å²) in [6.07, 6.45) is 0. The minimum absolute atomic E-state index is 0.178. The molecule has 142 valence electrons. The maximum atomic E-state index is 13.0. The molecule has 0 atom stereocenters. The Morgan fingerprint density at radius 3 is 2.64 bits per heavy atom. The monoisotopic (exact) mass is 379 g/mol. The van der Waals surface area contributed by atoms with Crippen molar-refractivity contribution >= 4 is 17.5 Å². The third-order valence-corrected chi connectivity index (χ3v) is 4.46. The van der Waals surface area contributed by atoms with Gasteiger partial charge in [-0.15, -0.1) is 0 Å². The van der Waals surface area contributed by atoms with Gasteiger partial charge in [-0.3, -0.25) is 14.5 Å². The third-order valence-electron chi connectivity index (χ3n) is 4.46. The number of nitrogens with two attached hydrogens (primary N) is 1. The maximum Gasteiger partial charge on any atom is 0.280 e. The summed E-state index contributed by atoms with van der Waals surface area (Å²) in [5.41, 5.74) is 7.13. The number of hydrogen-bond acceptors (Lipinski definition) is 6. The van der Waals surface area contributed by atoms with Crippen LogP contribution in [0.2, 0.25) is 0 Å². The maximum absolute atomic E-state index is 13.0. The Kier molecular flexibility index (Phi) is 4.44. The van der Waals surface area contributed by atoms with Gasteiger partial charge in [0.25, 0.3) is 5.91 Å². The van der Waals surface area contributed by atoms with Crippen molar-refractivity contribution in [3.8, 4) is 22.8 Å². The van der Waals surface area contributed by atoms with Gasteiger partial charge >= 0.3 is 0 Å². The molecule has 0 saturated heterocycles. The summed E-state index contributed by atoms with van der Waals surface area (Å²) in [4.78, 5) is 25.9. The number of amides is 2. The molecule has 3 aromatic rings. The quantitative estimate of drug-likeness (QED) is 0.746. The predicted octanol–water partition coefficient (Wildman–Crippen LogP) is 2.49. The van der Waals surface area contributed by atoms with Gasteiger partial charge in [0.1, 0.15) is 18.1 Å². The smallest absolute Gasteiger partial charge is 0.280 e. The molecule has 0 radical (unpaired) electrons. The fourth-order valence-electron chi connectivity index (χ4n) is 2.99. The lowest BCUT2D eigenvalue weighted by molar-refractivity contribution is 0.0967. The van der Waals surface area contributed by atoms with E-state index in [4.69, 9.17) is 19.7 Å². The number of nitrogens with zero attached hydrogens (tertiary/aromatic N) is 2. The van der Waals surface area contributed by atoms with Crippen molar-refractivity contribution in [2.45, 2.75) is 0 Å². The van der Waals surface area contributed by atoms with Gasteiger partial charge in [-0.1, -0.05) is 5.16 Å². The topological polar surface area (TPSA) is 108 Å². The SMILES string of the molecule is COc1ccc(-c2cc(C(=O)N3CCOc4cc(C(N)=O)ccc43)no2)cc1. The summed E-state index contributed by atoms with van der Waals surface area (Å²) in [6.45, 7) is 0.649. The Bertz CT molecular complexity index is 1040. The van der Waals surface area contributed by atoms with E-state index in [-0.39, 0.29) is 11.6 Å². The van der Waals surface area contributed by atoms with E-state index >= 15 is 0 Å². The van der Waals surface area contributed by atoms with Crippen LogP contribution in [0, 0.1) is 0 Å². The lowest BCUT2D eigenvalue weighted by atomic mass is 10.1. The summed E-state index contributed by atoms with van der Waals surface area (Å²) in [6, 6.07) is 13.6. The van der Waals surface area contributed by atoms with Crippen LogP contribution in [0.4, 0.5) is 5.69 Å². The molecule has 28 heavy (non-hydrogen) atoms. The van der Waals surface area contributed by atoms with Crippen LogP contribution < -0.4 is 20.1 Å². The molecule has 0 unspecified atom stereocenters. The molecule has 1 aliphatic rings. The average Bonchev–Trinajstić information content (AvgIpc) is 3.22. The summed E-state index contributed by atoms with van der Waals surface area (Å²) < 4.78 is 16.0. The van der Waals surface area contributed by atoms with E-state index < -0.39 is 5.91 Å². The van der Waals surface area contributed by atoms with Gasteiger partial charge < -0.3 is 19.7 Å². The highest BCUT2D eigenvalue weighted by Gasteiger charge is 2.27. The van der Waals surface area contributed by atoms with E-state index in [1.165, 1.54) is 6.07 Å². The van der Waals surface area contributed by atoms with Crippen LogP contribution in [0.25, 0.3) is 11.3 Å². The first-order chi connectivity index (χ1) is 13.6. The Morgan fingerprint density at radius 1 is 1.14 bits per heavy atom. The molecule has 8 nitrogen and oxygen atoms in total. The second-order valence-electron chi connectivity index (χ2n) is 6.16. The van der Waals surface area contributed by atoms with Gasteiger partial charge in [0.15, 0.2) is 11.5 Å². The largest absolute Gasteiger partial charge is 0.497 e. The van der Waals surface area contributed by atoms with Crippen molar-refractivity contribution in [2.75, 3.05) is 25.2 Å². The number of carbonyl (C=O) groups excluding carboxylic acids is 2. The first kappa shape index (κ1) is 17.6. The number of hydrogen-bond donors (Lipinski definition) is 1. The fraction of sp³-hybridized carbons (Fsp3) is 0.150. The first-order valence-corrected chi connectivity index (χ1v) is 8.56. The third kappa shape index (κ3) is 3.16. The summed E-state index contributed by atoms with van der Waals surface area (Å²) in [7, 11) is 1.59. The number of ether oxygens (including phenoxy) is 2. The molecule has 0 aliphatic carbocycles. The molecule has 2 aromatic carbocycles. The van der Waals surface area contributed by atoms with E-state index in [0.717, 1.165) is 11.3 Å². The van der Waals surface area contributed by atoms with E-state index in [1.54, 1.807) is 42.3 Å². The zero-order valence-corrected chi connectivity index (χ0v) is 15.0. The van der Waals surface area contributed by atoms with Crippen molar-refractivity contribution in [1.82, 2.24) is 5.16 Å². The number of primary amides is 1. The van der Waals surface area contributed by atoms with Gasteiger partial charge in [0.2, 0.25) is 5.91 Å². The number of aromatic nitrogens is 1. The first-order valence-electron chi connectivity index (χ1n) is 8.56. The lowest BCUT2D eigenvalue weighted by Gasteiger charge is -2.29. The lowest BCUT2D eigenvalue weighted by Crippen LogP contribution is -2.38. The van der Waals surface area contributed by atoms with Crippen LogP contribution in [0.3, 0.4) is 0 Å². The van der Waals surface area contributed by atoms with Crippen molar-refractivity contribution in [3.63, 3.8) is 0 Å². The van der Waals surface area contributed by atoms with Crippen LogP contribution >= 0.6 is 0 Å². The minimum atomic E-state index is -0.560. The second kappa shape index (κ2) is 7.07. The van der Waals surface area contributed by atoms with Crippen LogP contribution in [0.5, 0.6) is 11.5 Å². The fourth-order valence-corrected chi connectivity index (χ4v) is 2.99. The molecule has 0 fully saturated rings. The molecule has 8 heteroatoms. The van der Waals surface area contributed by atoms with E-state index in [2.05, 4.69) is 5.16 Å². The molecule has 0 bridgehead atoms. The molecule has 0 saturated carbocycles. The highest BCUT2D eigenvalue weighted by atomic mass is 16.5. The van der Waals surface area contributed by atoms with Crippen LogP contribution in [-0.2, 0) is 0 Å². The molecule has 4 rings (SSSR count). The van der Waals surface area contributed by atoms with Crippen molar-refractivity contribution < 1.29 is 23.6 Å². The number of carbonyl (C=O) groups is 2. The summed E-state index contributed by atoms with van der Waals surface area (Å²) in [5.74, 6) is 0.744. The molecule has 2 N–H and O–H groups in total. The van der Waals surface area contributed by atoms with Gasteiger partial charge in [-0.2, -0.15) is 0 Å². The highest BCUT2D eigenvalue weighted by Crippen LogP contribution is 2.33. The van der Waals surface area contributed by atoms with Crippen LogP contribution in [0.1, 0.15) is 20.8 Å². The number of anilines is 1. The van der Waals surface area contributed by atoms with Gasteiger partial charge in [-0.05, 0) is 42.5 Å². The van der Waals surface area contributed by atoms with Gasteiger partial charge in [0.05, 0.1) is 19.3 Å². The van der Waals surface area contributed by atoms with Gasteiger partial charge in [0, 0.05) is 17.2 Å². The Balaban J connectivity index is 1.61. The van der Waals surface area contributed by atoms with E-state index in [9.17, 15) is 9.59 Å².